The monoisotopic (exact) mass is 379 g/mol. The molecule has 7 nitrogen and oxygen atoms in total. The average molecular weight is 379 g/mol. The maximum absolute atomic E-state index is 9.67. The Kier molecular flexibility index (Phi) is 7.46. The molecule has 0 saturated carbocycles. The van der Waals surface area contributed by atoms with Gasteiger partial charge in [-0.15, -0.1) is 11.8 Å². The van der Waals surface area contributed by atoms with Crippen LogP contribution in [0.25, 0.3) is 11.1 Å². The van der Waals surface area contributed by atoms with E-state index in [0.29, 0.717) is 47.3 Å². The van der Waals surface area contributed by atoms with Gasteiger partial charge in [-0.25, -0.2) is 4.98 Å². The third-order valence-electron chi connectivity index (χ3n) is 3.57. The summed E-state index contributed by atoms with van der Waals surface area (Å²) < 4.78 is 10.5. The van der Waals surface area contributed by atoms with E-state index in [-0.39, 0.29) is 16.9 Å². The normalized spacial score (nSPS) is 9.85. The molecule has 0 bridgehead atoms. The number of methoxy groups -OCH3 is 1. The highest BCUT2D eigenvalue weighted by Crippen LogP contribution is 2.36. The molecule has 0 atom stereocenters. The first-order valence-electron chi connectivity index (χ1n) is 8.01. The number of anilines is 1. The van der Waals surface area contributed by atoms with Crippen molar-refractivity contribution in [2.24, 2.45) is 0 Å². The van der Waals surface area contributed by atoms with Gasteiger partial charge in [-0.3, -0.25) is 0 Å². The number of benzene rings is 1. The van der Waals surface area contributed by atoms with Crippen molar-refractivity contribution in [3.63, 3.8) is 0 Å². The van der Waals surface area contributed by atoms with E-state index < -0.39 is 0 Å². The first-order chi connectivity index (χ1) is 13.2. The van der Waals surface area contributed by atoms with Gasteiger partial charge in [-0.2, -0.15) is 15.8 Å². The molecule has 2 aromatic rings. The van der Waals surface area contributed by atoms with Gasteiger partial charge in [-0.05, 0) is 17.7 Å². The molecule has 1 aromatic heterocycles. The topological polar surface area (TPSA) is 129 Å². The van der Waals surface area contributed by atoms with E-state index in [1.54, 1.807) is 31.4 Å². The fraction of sp³-hybridized carbons (Fsp3) is 0.263. The van der Waals surface area contributed by atoms with Crippen molar-refractivity contribution in [3.8, 4) is 35.1 Å². The molecule has 1 aromatic carbocycles. The fourth-order valence-corrected chi connectivity index (χ4v) is 3.19. The predicted octanol–water partition coefficient (Wildman–Crippen LogP) is 3.11. The number of nitrogens with zero attached hydrogens (tertiary/aromatic N) is 4. The van der Waals surface area contributed by atoms with Crippen molar-refractivity contribution < 1.29 is 9.47 Å². The van der Waals surface area contributed by atoms with E-state index in [9.17, 15) is 10.5 Å². The van der Waals surface area contributed by atoms with Crippen LogP contribution >= 0.6 is 11.8 Å². The van der Waals surface area contributed by atoms with Crippen LogP contribution in [0, 0.1) is 34.0 Å². The first-order valence-corrected chi connectivity index (χ1v) is 9.00. The zero-order valence-corrected chi connectivity index (χ0v) is 15.5. The highest BCUT2D eigenvalue weighted by Gasteiger charge is 2.20. The summed E-state index contributed by atoms with van der Waals surface area (Å²) >= 11 is 1.27. The molecule has 0 spiro atoms. The van der Waals surface area contributed by atoms with Crippen molar-refractivity contribution in [2.45, 2.75) is 11.4 Å². The van der Waals surface area contributed by atoms with Crippen LogP contribution in [0.15, 0.2) is 29.3 Å². The molecule has 0 radical (unpaired) electrons. The predicted molar refractivity (Wildman–Crippen MR) is 102 cm³/mol. The molecule has 0 aliphatic carbocycles. The van der Waals surface area contributed by atoms with Crippen molar-refractivity contribution in [3.05, 3.63) is 35.4 Å². The summed E-state index contributed by atoms with van der Waals surface area (Å²) in [6.45, 7) is 0.897. The second-order valence-corrected chi connectivity index (χ2v) is 6.36. The lowest BCUT2D eigenvalue weighted by atomic mass is 9.97. The number of ether oxygens (including phenoxy) is 2. The summed E-state index contributed by atoms with van der Waals surface area (Å²) in [5, 5.41) is 28.3. The van der Waals surface area contributed by atoms with Crippen LogP contribution in [0.4, 0.5) is 5.82 Å². The number of hydrogen-bond donors (Lipinski definition) is 1. The van der Waals surface area contributed by atoms with Crippen molar-refractivity contribution in [1.29, 1.82) is 15.8 Å². The maximum Gasteiger partial charge on any atom is 0.143 e. The summed E-state index contributed by atoms with van der Waals surface area (Å²) in [6, 6.07) is 13.3. The zero-order valence-electron chi connectivity index (χ0n) is 14.7. The minimum atomic E-state index is 0.0615. The van der Waals surface area contributed by atoms with Gasteiger partial charge in [0.25, 0.3) is 0 Å². The summed E-state index contributed by atoms with van der Waals surface area (Å²) in [7, 11) is 1.60. The molecule has 1 heterocycles. The number of nitriles is 3. The fourth-order valence-electron chi connectivity index (χ4n) is 2.35. The van der Waals surface area contributed by atoms with Gasteiger partial charge in [0.1, 0.15) is 40.9 Å². The van der Waals surface area contributed by atoms with E-state index in [0.717, 1.165) is 0 Å². The van der Waals surface area contributed by atoms with E-state index in [1.165, 1.54) is 11.8 Å². The molecule has 0 aliphatic rings. The smallest absolute Gasteiger partial charge is 0.143 e. The molecule has 8 heteroatoms. The molecule has 0 aliphatic heterocycles. The Morgan fingerprint density at radius 3 is 2.37 bits per heavy atom. The lowest BCUT2D eigenvalue weighted by Gasteiger charge is -2.13. The standard InChI is InChI=1S/C19H17N5O2S/c1-25-8-9-26-14-5-3-13(4-6-14)17-15(11-21)18(23)24-19(16(17)12-22)27-10-2-7-20/h3-6H,2,8-10H2,1H3,(H2,23,24). The van der Waals surface area contributed by atoms with Crippen LogP contribution in [-0.4, -0.2) is 31.1 Å². The van der Waals surface area contributed by atoms with Gasteiger partial charge in [0, 0.05) is 24.8 Å². The third kappa shape index (κ3) is 4.89. The molecule has 2 N–H and O–H groups in total. The zero-order chi connectivity index (χ0) is 19.6. The summed E-state index contributed by atoms with van der Waals surface area (Å²) in [5.74, 6) is 1.19. The average Bonchev–Trinajstić information content (AvgIpc) is 2.68. The highest BCUT2D eigenvalue weighted by molar-refractivity contribution is 7.99. The Hall–Kier alpha value is -3.25. The quantitative estimate of drug-likeness (QED) is 0.547. The molecule has 136 valence electrons. The molecular formula is C19H17N5O2S. The van der Waals surface area contributed by atoms with Crippen LogP contribution in [0.2, 0.25) is 0 Å². The largest absolute Gasteiger partial charge is 0.491 e. The second-order valence-electron chi connectivity index (χ2n) is 5.27. The number of thioether (sulfide) groups is 1. The minimum absolute atomic E-state index is 0.0615. The Labute approximate surface area is 161 Å². The lowest BCUT2D eigenvalue weighted by molar-refractivity contribution is 0.146. The lowest BCUT2D eigenvalue weighted by Crippen LogP contribution is -2.05. The van der Waals surface area contributed by atoms with Gasteiger partial charge in [-0.1, -0.05) is 12.1 Å². The van der Waals surface area contributed by atoms with E-state index in [4.69, 9.17) is 20.5 Å². The molecule has 0 saturated heterocycles. The number of nitrogen functional groups attached to an aromatic ring is 1. The highest BCUT2D eigenvalue weighted by atomic mass is 32.2. The van der Waals surface area contributed by atoms with Gasteiger partial charge >= 0.3 is 0 Å². The Morgan fingerprint density at radius 1 is 1.07 bits per heavy atom. The van der Waals surface area contributed by atoms with Crippen molar-refractivity contribution in [1.82, 2.24) is 4.98 Å². The maximum atomic E-state index is 9.67. The molecule has 0 unspecified atom stereocenters. The van der Waals surface area contributed by atoms with Gasteiger partial charge in [0.2, 0.25) is 0 Å². The number of nitrogens with two attached hydrogens (primary N) is 1. The van der Waals surface area contributed by atoms with Crippen LogP contribution in [0.5, 0.6) is 5.75 Å². The number of hydrogen-bond acceptors (Lipinski definition) is 8. The van der Waals surface area contributed by atoms with Gasteiger partial charge in [0.05, 0.1) is 18.2 Å². The first kappa shape index (κ1) is 20.1. The van der Waals surface area contributed by atoms with Crippen LogP contribution in [-0.2, 0) is 4.74 Å². The van der Waals surface area contributed by atoms with Gasteiger partial charge in [0.15, 0.2) is 0 Å². The van der Waals surface area contributed by atoms with Gasteiger partial charge < -0.3 is 15.2 Å². The van der Waals surface area contributed by atoms with Crippen LogP contribution in [0.1, 0.15) is 17.5 Å². The van der Waals surface area contributed by atoms with E-state index in [2.05, 4.69) is 11.1 Å². The number of aromatic nitrogens is 1. The van der Waals surface area contributed by atoms with E-state index in [1.807, 2.05) is 12.1 Å². The Bertz CT molecular complexity index is 924. The SMILES string of the molecule is COCCOc1ccc(-c2c(C#N)c(N)nc(SCCC#N)c2C#N)cc1. The summed E-state index contributed by atoms with van der Waals surface area (Å²) in [4.78, 5) is 4.19. The van der Waals surface area contributed by atoms with Crippen LogP contribution in [0.3, 0.4) is 0 Å². The van der Waals surface area contributed by atoms with Crippen molar-refractivity contribution in [2.75, 3.05) is 31.8 Å². The van der Waals surface area contributed by atoms with Crippen LogP contribution < -0.4 is 10.5 Å². The number of pyridine rings is 1. The van der Waals surface area contributed by atoms with E-state index >= 15 is 0 Å². The van der Waals surface area contributed by atoms with Crippen molar-refractivity contribution >= 4 is 17.6 Å². The molecule has 0 fully saturated rings. The second kappa shape index (κ2) is 10.0. The Balaban J connectivity index is 2.46. The molecule has 2 rings (SSSR count). The Morgan fingerprint density at radius 2 is 1.78 bits per heavy atom. The minimum Gasteiger partial charge on any atom is -0.491 e. The third-order valence-corrected chi connectivity index (χ3v) is 4.54. The molecular weight excluding hydrogens is 362 g/mol. The summed E-state index contributed by atoms with van der Waals surface area (Å²) in [5.41, 5.74) is 7.49. The summed E-state index contributed by atoms with van der Waals surface area (Å²) in [6.07, 6.45) is 0.319. The molecule has 27 heavy (non-hydrogen) atoms. The number of rotatable bonds is 8. The molecule has 0 amide bonds.